The van der Waals surface area contributed by atoms with Crippen LogP contribution in [-0.4, -0.2) is 0 Å². The fourth-order valence-electron chi connectivity index (χ4n) is 6.02. The van der Waals surface area contributed by atoms with E-state index in [0.29, 0.717) is 11.0 Å². The Morgan fingerprint density at radius 2 is 1.71 bits per heavy atom. The van der Waals surface area contributed by atoms with E-state index in [1.54, 1.807) is 6.07 Å². The average molecular weight is 287 g/mol. The summed E-state index contributed by atoms with van der Waals surface area (Å²) >= 11 is 0. The Kier molecular flexibility index (Phi) is 3.15. The van der Waals surface area contributed by atoms with Gasteiger partial charge in [-0.2, -0.15) is 0 Å². The summed E-state index contributed by atoms with van der Waals surface area (Å²) in [5.41, 5.74) is 8.84. The van der Waals surface area contributed by atoms with Crippen LogP contribution in [0.15, 0.2) is 18.2 Å². The Bertz CT molecular complexity index is 515. The Morgan fingerprint density at radius 3 is 2.24 bits per heavy atom. The summed E-state index contributed by atoms with van der Waals surface area (Å²) in [6.45, 7) is 1.83. The molecule has 1 aromatic carbocycles. The molecule has 114 valence electrons. The van der Waals surface area contributed by atoms with Gasteiger partial charge >= 0.3 is 0 Å². The highest BCUT2D eigenvalue weighted by Crippen LogP contribution is 2.62. The van der Waals surface area contributed by atoms with Crippen molar-refractivity contribution in [1.29, 1.82) is 0 Å². The predicted molar refractivity (Wildman–Crippen MR) is 83.3 cm³/mol. The first kappa shape index (κ1) is 13.8. The van der Waals surface area contributed by atoms with Gasteiger partial charge in [0.1, 0.15) is 5.82 Å². The molecular formula is C19H26FN. The third kappa shape index (κ3) is 2.42. The van der Waals surface area contributed by atoms with Crippen molar-refractivity contribution in [2.75, 3.05) is 0 Å². The summed E-state index contributed by atoms with van der Waals surface area (Å²) in [5.74, 6) is 2.79. The third-order valence-corrected chi connectivity index (χ3v) is 6.43. The van der Waals surface area contributed by atoms with Gasteiger partial charge in [0.2, 0.25) is 0 Å². The number of aryl methyl sites for hydroxylation is 1. The topological polar surface area (TPSA) is 26.0 Å². The van der Waals surface area contributed by atoms with Gasteiger partial charge in [-0.25, -0.2) is 4.39 Å². The van der Waals surface area contributed by atoms with Crippen LogP contribution in [0.25, 0.3) is 0 Å². The first-order chi connectivity index (χ1) is 10.0. The molecule has 1 unspecified atom stereocenters. The lowest BCUT2D eigenvalue weighted by Gasteiger charge is -2.57. The van der Waals surface area contributed by atoms with Gasteiger partial charge in [0.05, 0.1) is 0 Å². The molecule has 0 radical (unpaired) electrons. The summed E-state index contributed by atoms with van der Waals surface area (Å²) in [7, 11) is 0. The van der Waals surface area contributed by atoms with E-state index >= 15 is 0 Å². The largest absolute Gasteiger partial charge is 0.324 e. The summed E-state index contributed by atoms with van der Waals surface area (Å²) in [4.78, 5) is 0. The van der Waals surface area contributed by atoms with E-state index in [4.69, 9.17) is 5.73 Å². The molecule has 5 rings (SSSR count). The predicted octanol–water partition coefficient (Wildman–Crippen LogP) is 4.74. The summed E-state index contributed by atoms with van der Waals surface area (Å²) in [5, 5.41) is 0. The van der Waals surface area contributed by atoms with E-state index in [1.165, 1.54) is 38.5 Å². The fraction of sp³-hybridized carbons (Fsp3) is 0.684. The molecule has 2 N–H and O–H groups in total. The molecule has 4 bridgehead atoms. The van der Waals surface area contributed by atoms with Crippen LogP contribution in [-0.2, 0) is 0 Å². The van der Waals surface area contributed by atoms with Gasteiger partial charge in [-0.15, -0.1) is 0 Å². The SMILES string of the molecule is Cc1cc(C(N)CC23CC4CC(CC(C4)C2)C3)ccc1F. The molecule has 1 atom stereocenters. The van der Waals surface area contributed by atoms with Crippen LogP contribution in [0.3, 0.4) is 0 Å². The molecule has 1 nitrogen and oxygen atoms in total. The van der Waals surface area contributed by atoms with Gasteiger partial charge in [0.25, 0.3) is 0 Å². The highest BCUT2D eigenvalue weighted by Gasteiger charge is 2.51. The second-order valence-corrected chi connectivity index (χ2v) is 8.24. The molecule has 4 saturated carbocycles. The maximum Gasteiger partial charge on any atom is 0.126 e. The van der Waals surface area contributed by atoms with Crippen LogP contribution in [0.1, 0.15) is 62.1 Å². The molecule has 0 aliphatic heterocycles. The lowest BCUT2D eigenvalue weighted by Crippen LogP contribution is -2.47. The van der Waals surface area contributed by atoms with E-state index in [1.807, 2.05) is 19.1 Å². The Labute approximate surface area is 127 Å². The van der Waals surface area contributed by atoms with Gasteiger partial charge in [0, 0.05) is 6.04 Å². The normalized spacial score (nSPS) is 38.7. The quantitative estimate of drug-likeness (QED) is 0.853. The molecule has 0 spiro atoms. The van der Waals surface area contributed by atoms with Gasteiger partial charge in [-0.1, -0.05) is 12.1 Å². The maximum absolute atomic E-state index is 13.4. The fourth-order valence-corrected chi connectivity index (χ4v) is 6.02. The van der Waals surface area contributed by atoms with Crippen LogP contribution in [0.5, 0.6) is 0 Å². The van der Waals surface area contributed by atoms with Crippen molar-refractivity contribution in [1.82, 2.24) is 0 Å². The lowest BCUT2D eigenvalue weighted by atomic mass is 9.48. The Hall–Kier alpha value is -0.890. The second-order valence-electron chi connectivity index (χ2n) is 8.24. The summed E-state index contributed by atoms with van der Waals surface area (Å²) < 4.78 is 13.4. The van der Waals surface area contributed by atoms with Gasteiger partial charge in [-0.3, -0.25) is 0 Å². The van der Waals surface area contributed by atoms with Crippen molar-refractivity contribution in [3.05, 3.63) is 35.1 Å². The van der Waals surface area contributed by atoms with Crippen LogP contribution in [0.2, 0.25) is 0 Å². The number of hydrogen-bond donors (Lipinski definition) is 1. The molecule has 21 heavy (non-hydrogen) atoms. The minimum absolute atomic E-state index is 0.0700. The first-order valence-corrected chi connectivity index (χ1v) is 8.55. The van der Waals surface area contributed by atoms with E-state index in [0.717, 1.165) is 29.7 Å². The molecule has 0 saturated heterocycles. The molecule has 0 aromatic heterocycles. The monoisotopic (exact) mass is 287 g/mol. The van der Waals surface area contributed by atoms with Gasteiger partial charge in [0.15, 0.2) is 0 Å². The number of nitrogens with two attached hydrogens (primary N) is 1. The number of rotatable bonds is 3. The van der Waals surface area contributed by atoms with Crippen molar-refractivity contribution >= 4 is 0 Å². The highest BCUT2D eigenvalue weighted by atomic mass is 19.1. The standard InChI is InChI=1S/C19H26FN/c1-12-4-16(2-3-17(12)20)18(21)11-19-8-13-5-14(9-19)7-15(6-13)10-19/h2-4,13-15,18H,5-11,21H2,1H3. The van der Waals surface area contributed by atoms with Crippen molar-refractivity contribution in [2.45, 2.75) is 57.9 Å². The first-order valence-electron chi connectivity index (χ1n) is 8.55. The highest BCUT2D eigenvalue weighted by molar-refractivity contribution is 5.26. The molecule has 1 aromatic rings. The zero-order valence-corrected chi connectivity index (χ0v) is 12.9. The number of hydrogen-bond acceptors (Lipinski definition) is 1. The smallest absolute Gasteiger partial charge is 0.126 e. The van der Waals surface area contributed by atoms with Crippen molar-refractivity contribution in [3.8, 4) is 0 Å². The Balaban J connectivity index is 1.53. The summed E-state index contributed by atoms with van der Waals surface area (Å²) in [6, 6.07) is 5.47. The van der Waals surface area contributed by atoms with Gasteiger partial charge < -0.3 is 5.73 Å². The molecule has 0 heterocycles. The molecular weight excluding hydrogens is 261 g/mol. The Morgan fingerprint density at radius 1 is 1.14 bits per heavy atom. The lowest BCUT2D eigenvalue weighted by molar-refractivity contribution is -0.0605. The van der Waals surface area contributed by atoms with Crippen LogP contribution in [0, 0.1) is 35.9 Å². The second kappa shape index (κ2) is 4.81. The van der Waals surface area contributed by atoms with Gasteiger partial charge in [-0.05, 0) is 92.2 Å². The molecule has 4 fully saturated rings. The minimum Gasteiger partial charge on any atom is -0.324 e. The minimum atomic E-state index is -0.124. The molecule has 4 aliphatic carbocycles. The van der Waals surface area contributed by atoms with Crippen molar-refractivity contribution in [3.63, 3.8) is 0 Å². The van der Waals surface area contributed by atoms with E-state index < -0.39 is 0 Å². The third-order valence-electron chi connectivity index (χ3n) is 6.43. The summed E-state index contributed by atoms with van der Waals surface area (Å²) in [6.07, 6.45) is 9.71. The zero-order valence-electron chi connectivity index (χ0n) is 12.9. The average Bonchev–Trinajstić information content (AvgIpc) is 2.39. The van der Waals surface area contributed by atoms with Crippen molar-refractivity contribution in [2.24, 2.45) is 28.9 Å². The number of halogens is 1. The van der Waals surface area contributed by atoms with Crippen LogP contribution < -0.4 is 5.73 Å². The molecule has 4 aliphatic rings. The molecule has 0 amide bonds. The zero-order chi connectivity index (χ0) is 14.6. The van der Waals surface area contributed by atoms with Crippen LogP contribution >= 0.6 is 0 Å². The van der Waals surface area contributed by atoms with E-state index in [9.17, 15) is 4.39 Å². The number of benzene rings is 1. The maximum atomic E-state index is 13.4. The van der Waals surface area contributed by atoms with Crippen LogP contribution in [0.4, 0.5) is 4.39 Å². The van der Waals surface area contributed by atoms with E-state index in [2.05, 4.69) is 0 Å². The van der Waals surface area contributed by atoms with Crippen molar-refractivity contribution < 1.29 is 4.39 Å². The molecule has 2 heteroatoms. The van der Waals surface area contributed by atoms with E-state index in [-0.39, 0.29) is 11.9 Å².